The first-order chi connectivity index (χ1) is 16.0. The number of ether oxygens (including phenoxy) is 2. The van der Waals surface area contributed by atoms with Gasteiger partial charge in [0.2, 0.25) is 5.16 Å². The average molecular weight is 525 g/mol. The maximum absolute atomic E-state index is 13.0. The molecule has 1 unspecified atom stereocenters. The molecule has 0 saturated heterocycles. The van der Waals surface area contributed by atoms with Gasteiger partial charge in [0.1, 0.15) is 0 Å². The quantitative estimate of drug-likeness (QED) is 0.324. The van der Waals surface area contributed by atoms with Gasteiger partial charge in [0, 0.05) is 22.8 Å². The normalized spacial score (nSPS) is 15.5. The maximum atomic E-state index is 13.0. The molecule has 168 valence electrons. The van der Waals surface area contributed by atoms with E-state index in [1.807, 2.05) is 30.3 Å². The van der Waals surface area contributed by atoms with Gasteiger partial charge >= 0.3 is 0 Å². The number of carbonyl (C=O) groups excluding carboxylic acids is 1. The second-order valence-corrected chi connectivity index (χ2v) is 9.66. The Bertz CT molecular complexity index is 1340. The largest absolute Gasteiger partial charge is 0.493 e. The molecule has 1 aliphatic carbocycles. The number of rotatable bonds is 6. The van der Waals surface area contributed by atoms with E-state index in [4.69, 9.17) is 14.5 Å². The number of thioether (sulfide) groups is 1. The second kappa shape index (κ2) is 9.15. The Balaban J connectivity index is 1.39. The first kappa shape index (κ1) is 21.9. The van der Waals surface area contributed by atoms with Crippen LogP contribution in [0.15, 0.2) is 58.3 Å². The molecule has 1 aliphatic rings. The molecule has 1 atom stereocenters. The fraction of sp³-hybridized carbons (Fsp3) is 0.250. The summed E-state index contributed by atoms with van der Waals surface area (Å²) < 4.78 is 13.4. The number of fused-ring (bicyclic) bond motifs is 2. The predicted molar refractivity (Wildman–Crippen MR) is 129 cm³/mol. The fourth-order valence-electron chi connectivity index (χ4n) is 4.00. The van der Waals surface area contributed by atoms with Crippen molar-refractivity contribution in [3.8, 4) is 11.5 Å². The lowest BCUT2D eigenvalue weighted by molar-refractivity contribution is 0.0962. The Kier molecular flexibility index (Phi) is 6.07. The number of hydrogen-bond acceptors (Lipinski definition) is 7. The summed E-state index contributed by atoms with van der Waals surface area (Å²) in [5, 5.41) is 5.16. The number of benzene rings is 2. The minimum atomic E-state index is 0.0222. The van der Waals surface area contributed by atoms with E-state index < -0.39 is 0 Å². The van der Waals surface area contributed by atoms with Gasteiger partial charge in [-0.1, -0.05) is 45.9 Å². The van der Waals surface area contributed by atoms with Crippen LogP contribution in [0.5, 0.6) is 11.5 Å². The molecule has 7 nitrogen and oxygen atoms in total. The van der Waals surface area contributed by atoms with E-state index in [1.165, 1.54) is 5.56 Å². The first-order valence-corrected chi connectivity index (χ1v) is 12.2. The number of methoxy groups -OCH3 is 2. The fourth-order valence-corrected chi connectivity index (χ4v) is 5.04. The molecular formula is C24H21BrN4O3S. The maximum Gasteiger partial charge on any atom is 0.253 e. The van der Waals surface area contributed by atoms with Crippen LogP contribution in [0.2, 0.25) is 0 Å². The minimum Gasteiger partial charge on any atom is -0.493 e. The van der Waals surface area contributed by atoms with Crippen molar-refractivity contribution in [2.45, 2.75) is 29.7 Å². The van der Waals surface area contributed by atoms with Crippen molar-refractivity contribution in [2.24, 2.45) is 0 Å². The summed E-state index contributed by atoms with van der Waals surface area (Å²) >= 11 is 5.00. The lowest BCUT2D eigenvalue weighted by Crippen LogP contribution is -2.21. The van der Waals surface area contributed by atoms with Gasteiger partial charge in [-0.05, 0) is 47.7 Å². The average Bonchev–Trinajstić information content (AvgIpc) is 3.23. The molecule has 33 heavy (non-hydrogen) atoms. The lowest BCUT2D eigenvalue weighted by Gasteiger charge is -2.23. The molecule has 0 saturated carbocycles. The van der Waals surface area contributed by atoms with Crippen LogP contribution in [0.4, 0.5) is 0 Å². The molecule has 0 amide bonds. The Morgan fingerprint density at radius 3 is 2.61 bits per heavy atom. The third-order valence-electron chi connectivity index (χ3n) is 5.72. The smallest absolute Gasteiger partial charge is 0.253 e. The summed E-state index contributed by atoms with van der Waals surface area (Å²) in [4.78, 5) is 22.2. The highest BCUT2D eigenvalue weighted by Gasteiger charge is 2.29. The van der Waals surface area contributed by atoms with Gasteiger partial charge in [-0.3, -0.25) is 4.79 Å². The van der Waals surface area contributed by atoms with E-state index in [-0.39, 0.29) is 11.7 Å². The summed E-state index contributed by atoms with van der Waals surface area (Å²) in [5.74, 6) is 2.66. The highest BCUT2D eigenvalue weighted by atomic mass is 79.9. The van der Waals surface area contributed by atoms with Crippen molar-refractivity contribution in [1.29, 1.82) is 0 Å². The number of hydrogen-bond donors (Lipinski definition) is 0. The molecule has 0 aliphatic heterocycles. The summed E-state index contributed by atoms with van der Waals surface area (Å²) in [6.45, 7) is 0. The molecule has 0 N–H and O–H groups in total. The molecule has 0 spiro atoms. The number of halogens is 1. The molecule has 0 radical (unpaired) electrons. The summed E-state index contributed by atoms with van der Waals surface area (Å²) in [6, 6.07) is 14.0. The van der Waals surface area contributed by atoms with Gasteiger partial charge in [0.25, 0.3) is 5.78 Å². The molecule has 5 rings (SSSR count). The topological polar surface area (TPSA) is 78.6 Å². The van der Waals surface area contributed by atoms with Crippen LogP contribution in [0.25, 0.3) is 5.78 Å². The first-order valence-electron chi connectivity index (χ1n) is 10.4. The molecule has 2 aromatic heterocycles. The van der Waals surface area contributed by atoms with Crippen LogP contribution in [-0.4, -0.2) is 39.6 Å². The van der Waals surface area contributed by atoms with Crippen molar-refractivity contribution < 1.29 is 14.3 Å². The Morgan fingerprint density at radius 2 is 1.85 bits per heavy atom. The van der Waals surface area contributed by atoms with Gasteiger partial charge in [-0.15, -0.1) is 5.10 Å². The molecule has 0 bridgehead atoms. The van der Waals surface area contributed by atoms with Gasteiger partial charge in [0.05, 0.1) is 25.5 Å². The van der Waals surface area contributed by atoms with E-state index in [2.05, 4.69) is 38.1 Å². The van der Waals surface area contributed by atoms with E-state index in [9.17, 15) is 4.79 Å². The molecule has 4 aromatic rings. The molecular weight excluding hydrogens is 504 g/mol. The van der Waals surface area contributed by atoms with Crippen LogP contribution in [0, 0.1) is 0 Å². The monoisotopic (exact) mass is 524 g/mol. The van der Waals surface area contributed by atoms with Crippen LogP contribution >= 0.6 is 27.7 Å². The Labute approximate surface area is 203 Å². The van der Waals surface area contributed by atoms with E-state index in [1.54, 1.807) is 36.7 Å². The molecule has 0 fully saturated rings. The highest BCUT2D eigenvalue weighted by Crippen LogP contribution is 2.36. The number of ketones is 1. The van der Waals surface area contributed by atoms with Gasteiger partial charge in [-0.25, -0.2) is 9.50 Å². The number of Topliss-reactive ketones (excluding diaryl/α,β-unsaturated/α-hetero) is 1. The standard InChI is InChI=1S/C24H21BrN4O3S/c1-31-21-8-5-15(11-22(21)32-2)16-9-19-18(20(30)10-16)12-29-23(26-19)27-24(28-29)33-13-14-3-6-17(25)7-4-14/h3-8,11-12,16H,9-10,13H2,1-2H3. The third kappa shape index (κ3) is 4.47. The van der Waals surface area contributed by atoms with Crippen molar-refractivity contribution in [2.75, 3.05) is 14.2 Å². The summed E-state index contributed by atoms with van der Waals surface area (Å²) in [5.41, 5.74) is 3.59. The Morgan fingerprint density at radius 1 is 1.06 bits per heavy atom. The van der Waals surface area contributed by atoms with Crippen LogP contribution in [0.3, 0.4) is 0 Å². The number of carbonyl (C=O) groups is 1. The van der Waals surface area contributed by atoms with E-state index >= 15 is 0 Å². The lowest BCUT2D eigenvalue weighted by atomic mass is 9.82. The van der Waals surface area contributed by atoms with Crippen LogP contribution in [-0.2, 0) is 12.2 Å². The number of nitrogens with zero attached hydrogens (tertiary/aromatic N) is 4. The van der Waals surface area contributed by atoms with Crippen molar-refractivity contribution in [1.82, 2.24) is 19.6 Å². The summed E-state index contributed by atoms with van der Waals surface area (Å²) in [6.07, 6.45) is 2.83. The van der Waals surface area contributed by atoms with E-state index in [0.717, 1.165) is 21.5 Å². The zero-order valence-electron chi connectivity index (χ0n) is 18.1. The highest BCUT2D eigenvalue weighted by molar-refractivity contribution is 9.10. The zero-order valence-corrected chi connectivity index (χ0v) is 20.5. The number of aromatic nitrogens is 4. The SMILES string of the molecule is COc1ccc(C2CC(=O)c3cn4nc(SCc5ccc(Br)cc5)nc4nc3C2)cc1OC. The van der Waals surface area contributed by atoms with E-state index in [0.29, 0.717) is 40.8 Å². The van der Waals surface area contributed by atoms with Crippen LogP contribution < -0.4 is 9.47 Å². The molecule has 2 heterocycles. The van der Waals surface area contributed by atoms with Crippen molar-refractivity contribution >= 4 is 39.3 Å². The van der Waals surface area contributed by atoms with Gasteiger partial charge in [0.15, 0.2) is 17.3 Å². The van der Waals surface area contributed by atoms with Crippen LogP contribution in [0.1, 0.15) is 39.5 Å². The van der Waals surface area contributed by atoms with Gasteiger partial charge < -0.3 is 9.47 Å². The molecule has 9 heteroatoms. The minimum absolute atomic E-state index is 0.0222. The predicted octanol–water partition coefficient (Wildman–Crippen LogP) is 5.11. The van der Waals surface area contributed by atoms with Crippen molar-refractivity contribution in [3.05, 3.63) is 75.5 Å². The Hall–Kier alpha value is -2.91. The zero-order chi connectivity index (χ0) is 22.9. The second-order valence-electron chi connectivity index (χ2n) is 7.80. The van der Waals surface area contributed by atoms with Crippen molar-refractivity contribution in [3.63, 3.8) is 0 Å². The third-order valence-corrected chi connectivity index (χ3v) is 7.16. The molecule has 2 aromatic carbocycles. The van der Waals surface area contributed by atoms with Gasteiger partial charge in [-0.2, -0.15) is 4.98 Å². The summed E-state index contributed by atoms with van der Waals surface area (Å²) in [7, 11) is 3.22.